The van der Waals surface area contributed by atoms with E-state index in [0.29, 0.717) is 24.4 Å². The molecule has 3 nitrogen and oxygen atoms in total. The highest BCUT2D eigenvalue weighted by Crippen LogP contribution is 2.40. The third-order valence-electron chi connectivity index (χ3n) is 3.78. The van der Waals surface area contributed by atoms with Crippen LogP contribution >= 0.6 is 12.4 Å². The van der Waals surface area contributed by atoms with E-state index in [1.807, 2.05) is 6.92 Å². The summed E-state index contributed by atoms with van der Waals surface area (Å²) in [6, 6.07) is 1.16. The van der Waals surface area contributed by atoms with Crippen molar-refractivity contribution in [2.45, 2.75) is 70.5 Å². The van der Waals surface area contributed by atoms with Crippen LogP contribution in [0.3, 0.4) is 0 Å². The van der Waals surface area contributed by atoms with E-state index in [4.69, 9.17) is 5.73 Å². The van der Waals surface area contributed by atoms with Gasteiger partial charge in [-0.2, -0.15) is 0 Å². The predicted molar refractivity (Wildman–Crippen MR) is 72.2 cm³/mol. The molecule has 1 amide bonds. The van der Waals surface area contributed by atoms with Gasteiger partial charge in [-0.05, 0) is 51.9 Å². The van der Waals surface area contributed by atoms with Gasteiger partial charge in [0.25, 0.3) is 0 Å². The van der Waals surface area contributed by atoms with Gasteiger partial charge < -0.3 is 10.6 Å². The van der Waals surface area contributed by atoms with Gasteiger partial charge in [-0.1, -0.05) is 0 Å². The van der Waals surface area contributed by atoms with Crippen molar-refractivity contribution in [3.05, 3.63) is 0 Å². The quantitative estimate of drug-likeness (QED) is 0.797. The van der Waals surface area contributed by atoms with E-state index < -0.39 is 0 Å². The lowest BCUT2D eigenvalue weighted by Gasteiger charge is -2.30. The molecule has 0 radical (unpaired) electrons. The highest BCUT2D eigenvalue weighted by molar-refractivity contribution is 5.85. The van der Waals surface area contributed by atoms with Gasteiger partial charge in [0.15, 0.2) is 0 Å². The summed E-state index contributed by atoms with van der Waals surface area (Å²) in [5.41, 5.74) is 5.71. The second-order valence-corrected chi connectivity index (χ2v) is 5.63. The van der Waals surface area contributed by atoms with E-state index >= 15 is 0 Å². The highest BCUT2D eigenvalue weighted by atomic mass is 35.5. The standard InChI is InChI=1S/C13H24N2O.ClH/c1-9(14)3-8-13(16)15(12-6-7-12)10(2)11-4-5-11;/h9-12H,3-8,14H2,1-2H3;1H. The molecule has 17 heavy (non-hydrogen) atoms. The minimum atomic E-state index is 0. The summed E-state index contributed by atoms with van der Waals surface area (Å²) >= 11 is 0. The number of nitrogens with zero attached hydrogens (tertiary/aromatic N) is 1. The molecule has 2 atom stereocenters. The molecular formula is C13H25ClN2O. The Morgan fingerprint density at radius 3 is 2.29 bits per heavy atom. The molecule has 2 fully saturated rings. The van der Waals surface area contributed by atoms with Gasteiger partial charge in [0.1, 0.15) is 0 Å². The summed E-state index contributed by atoms with van der Waals surface area (Å²) in [7, 11) is 0. The molecule has 2 saturated carbocycles. The first-order chi connectivity index (χ1) is 7.59. The molecule has 4 heteroatoms. The van der Waals surface area contributed by atoms with Crippen molar-refractivity contribution in [3.8, 4) is 0 Å². The molecule has 0 aromatic rings. The third-order valence-corrected chi connectivity index (χ3v) is 3.78. The number of hydrogen-bond acceptors (Lipinski definition) is 2. The predicted octanol–water partition coefficient (Wildman–Crippen LogP) is 2.33. The second kappa shape index (κ2) is 6.05. The number of amides is 1. The summed E-state index contributed by atoms with van der Waals surface area (Å²) in [5, 5.41) is 0. The zero-order valence-electron chi connectivity index (χ0n) is 10.9. The molecule has 0 saturated heterocycles. The smallest absolute Gasteiger partial charge is 0.223 e. The van der Waals surface area contributed by atoms with E-state index in [-0.39, 0.29) is 18.4 Å². The van der Waals surface area contributed by atoms with Crippen LogP contribution in [0.2, 0.25) is 0 Å². The van der Waals surface area contributed by atoms with E-state index in [1.54, 1.807) is 0 Å². The molecule has 2 aliphatic rings. The Morgan fingerprint density at radius 1 is 1.29 bits per heavy atom. The van der Waals surface area contributed by atoms with Crippen LogP contribution in [0.15, 0.2) is 0 Å². The maximum atomic E-state index is 12.2. The van der Waals surface area contributed by atoms with Crippen molar-refractivity contribution in [1.29, 1.82) is 0 Å². The second-order valence-electron chi connectivity index (χ2n) is 5.63. The summed E-state index contributed by atoms with van der Waals surface area (Å²) in [6.45, 7) is 4.19. The first-order valence-corrected chi connectivity index (χ1v) is 6.66. The van der Waals surface area contributed by atoms with Crippen LogP contribution < -0.4 is 5.73 Å². The summed E-state index contributed by atoms with van der Waals surface area (Å²) in [4.78, 5) is 14.3. The van der Waals surface area contributed by atoms with Gasteiger partial charge in [-0.25, -0.2) is 0 Å². The normalized spacial score (nSPS) is 22.5. The maximum absolute atomic E-state index is 12.2. The lowest BCUT2D eigenvalue weighted by Crippen LogP contribution is -2.42. The van der Waals surface area contributed by atoms with Gasteiger partial charge in [-0.15, -0.1) is 12.4 Å². The van der Waals surface area contributed by atoms with Gasteiger partial charge in [0, 0.05) is 24.5 Å². The SMILES string of the molecule is CC(N)CCC(=O)N(C1CC1)C(C)C1CC1.Cl. The first kappa shape index (κ1) is 14.8. The molecule has 0 aliphatic heterocycles. The summed E-state index contributed by atoms with van der Waals surface area (Å²) in [5.74, 6) is 1.11. The lowest BCUT2D eigenvalue weighted by molar-refractivity contribution is -0.134. The Morgan fingerprint density at radius 2 is 1.88 bits per heavy atom. The Balaban J connectivity index is 0.00000144. The van der Waals surface area contributed by atoms with Crippen molar-refractivity contribution in [2.24, 2.45) is 11.7 Å². The molecule has 0 spiro atoms. The number of nitrogens with two attached hydrogens (primary N) is 1. The van der Waals surface area contributed by atoms with Crippen LogP contribution in [0.1, 0.15) is 52.4 Å². The molecule has 0 bridgehead atoms. The number of rotatable bonds is 6. The van der Waals surface area contributed by atoms with E-state index in [1.165, 1.54) is 25.7 Å². The van der Waals surface area contributed by atoms with E-state index in [9.17, 15) is 4.79 Å². The Labute approximate surface area is 111 Å². The number of carbonyl (C=O) groups is 1. The fourth-order valence-electron chi connectivity index (χ4n) is 2.40. The van der Waals surface area contributed by atoms with Crippen LogP contribution in [0.5, 0.6) is 0 Å². The monoisotopic (exact) mass is 260 g/mol. The van der Waals surface area contributed by atoms with Crippen LogP contribution in [0, 0.1) is 5.92 Å². The van der Waals surface area contributed by atoms with Crippen molar-refractivity contribution >= 4 is 18.3 Å². The molecule has 0 heterocycles. The fraction of sp³-hybridized carbons (Fsp3) is 0.923. The summed E-state index contributed by atoms with van der Waals surface area (Å²) < 4.78 is 0. The van der Waals surface area contributed by atoms with Gasteiger partial charge in [0.05, 0.1) is 0 Å². The third kappa shape index (κ3) is 4.14. The highest BCUT2D eigenvalue weighted by Gasteiger charge is 2.41. The average molecular weight is 261 g/mol. The van der Waals surface area contributed by atoms with Crippen LogP contribution in [-0.2, 0) is 4.79 Å². The number of carbonyl (C=O) groups excluding carboxylic acids is 1. The molecule has 100 valence electrons. The van der Waals surface area contributed by atoms with E-state index in [2.05, 4.69) is 11.8 Å². The van der Waals surface area contributed by atoms with Crippen molar-refractivity contribution < 1.29 is 4.79 Å². The first-order valence-electron chi connectivity index (χ1n) is 6.66. The molecule has 0 aromatic heterocycles. The van der Waals surface area contributed by atoms with Crippen molar-refractivity contribution in [2.75, 3.05) is 0 Å². The number of halogens is 1. The lowest BCUT2D eigenvalue weighted by atomic mass is 10.1. The zero-order chi connectivity index (χ0) is 11.7. The van der Waals surface area contributed by atoms with Crippen molar-refractivity contribution in [3.63, 3.8) is 0 Å². The van der Waals surface area contributed by atoms with Gasteiger partial charge in [-0.3, -0.25) is 4.79 Å². The van der Waals surface area contributed by atoms with Gasteiger partial charge in [0.2, 0.25) is 5.91 Å². The maximum Gasteiger partial charge on any atom is 0.223 e. The largest absolute Gasteiger partial charge is 0.337 e. The molecule has 0 aromatic carbocycles. The molecule has 2 N–H and O–H groups in total. The van der Waals surface area contributed by atoms with Crippen molar-refractivity contribution in [1.82, 2.24) is 4.90 Å². The van der Waals surface area contributed by atoms with Crippen LogP contribution in [0.4, 0.5) is 0 Å². The topological polar surface area (TPSA) is 46.3 Å². The Hall–Kier alpha value is -0.280. The summed E-state index contributed by atoms with van der Waals surface area (Å²) in [6.07, 6.45) is 6.49. The van der Waals surface area contributed by atoms with Crippen LogP contribution in [-0.4, -0.2) is 28.9 Å². The Bertz CT molecular complexity index is 262. The average Bonchev–Trinajstić information content (AvgIpc) is 3.04. The number of hydrogen-bond donors (Lipinski definition) is 1. The molecule has 2 rings (SSSR count). The van der Waals surface area contributed by atoms with E-state index in [0.717, 1.165) is 12.3 Å². The molecule has 2 aliphatic carbocycles. The Kier molecular flexibility index (Phi) is 5.26. The fourth-order valence-corrected chi connectivity index (χ4v) is 2.40. The molecular weight excluding hydrogens is 236 g/mol. The van der Waals surface area contributed by atoms with Crippen LogP contribution in [0.25, 0.3) is 0 Å². The zero-order valence-corrected chi connectivity index (χ0v) is 11.7. The van der Waals surface area contributed by atoms with Gasteiger partial charge >= 0.3 is 0 Å². The minimum Gasteiger partial charge on any atom is -0.337 e. The molecule has 2 unspecified atom stereocenters. The minimum absolute atomic E-state index is 0.